The van der Waals surface area contributed by atoms with Crippen LogP contribution in [0.4, 0.5) is 15.9 Å². The predicted molar refractivity (Wildman–Crippen MR) is 139 cm³/mol. The van der Waals surface area contributed by atoms with E-state index in [0.717, 1.165) is 22.3 Å². The topological polar surface area (TPSA) is 132 Å². The molecule has 3 aromatic rings. The summed E-state index contributed by atoms with van der Waals surface area (Å²) in [5, 5.41) is 3.81. The van der Waals surface area contributed by atoms with Crippen molar-refractivity contribution in [3.8, 4) is 0 Å². The minimum Gasteiger partial charge on any atom is -0.397 e. The average Bonchev–Trinajstić information content (AvgIpc) is 3.32. The van der Waals surface area contributed by atoms with Gasteiger partial charge in [-0.25, -0.2) is 19.3 Å². The number of nitrogens with one attached hydrogen (secondary N) is 1. The normalized spacial score (nSPS) is 21.9. The second-order valence-electron chi connectivity index (χ2n) is 9.99. The predicted octanol–water partition coefficient (Wildman–Crippen LogP) is 2.65. The van der Waals surface area contributed by atoms with Gasteiger partial charge in [0.15, 0.2) is 11.6 Å². The summed E-state index contributed by atoms with van der Waals surface area (Å²) in [7, 11) is 0. The molecule has 0 saturated carbocycles. The number of aromatic nitrogens is 3. The van der Waals surface area contributed by atoms with E-state index in [0.29, 0.717) is 59.4 Å². The molecule has 11 heteroatoms. The Labute approximate surface area is 213 Å². The Balaban J connectivity index is 1.30. The summed E-state index contributed by atoms with van der Waals surface area (Å²) in [6.07, 6.45) is 1.76. The third-order valence-corrected chi connectivity index (χ3v) is 7.90. The van der Waals surface area contributed by atoms with E-state index >= 15 is 4.39 Å². The number of carbonyl (C=O) groups excluding carboxylic acids is 1. The molecule has 192 valence electrons. The van der Waals surface area contributed by atoms with Crippen molar-refractivity contribution in [1.29, 1.82) is 0 Å². The van der Waals surface area contributed by atoms with Gasteiger partial charge in [0.1, 0.15) is 15.5 Å². The van der Waals surface area contributed by atoms with Gasteiger partial charge >= 0.3 is 0 Å². The van der Waals surface area contributed by atoms with Gasteiger partial charge in [-0.05, 0) is 58.6 Å². The van der Waals surface area contributed by atoms with Crippen LogP contribution in [0.5, 0.6) is 0 Å². The third kappa shape index (κ3) is 4.62. The fourth-order valence-corrected chi connectivity index (χ4v) is 6.28. The SMILES string of the molecule is Cc1nc(C)c2c(N)c(C(=O)NC3CCc4nc(N5CC(N)C(OC(C)C)C5)c(F)cc4C3)sc2n1. The number of ether oxygens (including phenoxy) is 1. The number of pyridine rings is 1. The highest BCUT2D eigenvalue weighted by molar-refractivity contribution is 7.21. The van der Waals surface area contributed by atoms with Crippen LogP contribution in [-0.4, -0.2) is 58.2 Å². The van der Waals surface area contributed by atoms with E-state index in [1.807, 2.05) is 32.6 Å². The van der Waals surface area contributed by atoms with Crippen LogP contribution in [0, 0.1) is 19.7 Å². The molecule has 0 radical (unpaired) electrons. The minimum absolute atomic E-state index is 0.0541. The lowest BCUT2D eigenvalue weighted by atomic mass is 9.91. The molecule has 0 aromatic carbocycles. The number of halogens is 1. The van der Waals surface area contributed by atoms with E-state index < -0.39 is 0 Å². The molecule has 3 atom stereocenters. The summed E-state index contributed by atoms with van der Waals surface area (Å²) in [5.41, 5.74) is 15.4. The zero-order chi connectivity index (χ0) is 25.7. The van der Waals surface area contributed by atoms with Crippen LogP contribution < -0.4 is 21.7 Å². The summed E-state index contributed by atoms with van der Waals surface area (Å²) < 4.78 is 21.0. The molecule has 2 aliphatic rings. The molecule has 5 N–H and O–H groups in total. The lowest BCUT2D eigenvalue weighted by Crippen LogP contribution is -2.39. The van der Waals surface area contributed by atoms with Crippen molar-refractivity contribution in [3.63, 3.8) is 0 Å². The Kier molecular flexibility index (Phi) is 6.56. The van der Waals surface area contributed by atoms with Crippen molar-refractivity contribution >= 4 is 39.0 Å². The van der Waals surface area contributed by atoms with Gasteiger partial charge in [0.2, 0.25) is 0 Å². The lowest BCUT2D eigenvalue weighted by molar-refractivity contribution is 0.0127. The molecule has 3 aromatic heterocycles. The first-order chi connectivity index (χ1) is 17.1. The molecule has 9 nitrogen and oxygen atoms in total. The number of thiophene rings is 1. The van der Waals surface area contributed by atoms with Crippen molar-refractivity contribution in [2.75, 3.05) is 23.7 Å². The van der Waals surface area contributed by atoms with E-state index in [4.69, 9.17) is 16.2 Å². The Hall–Kier alpha value is -2.89. The van der Waals surface area contributed by atoms with E-state index in [-0.39, 0.29) is 36.0 Å². The lowest BCUT2D eigenvalue weighted by Gasteiger charge is -2.27. The summed E-state index contributed by atoms with van der Waals surface area (Å²) >= 11 is 1.27. The molecular formula is C25H32FN7O2S. The summed E-state index contributed by atoms with van der Waals surface area (Å²) in [5.74, 6) is 0.348. The van der Waals surface area contributed by atoms with Crippen LogP contribution in [0.1, 0.15) is 52.7 Å². The number of fused-ring (bicyclic) bond motifs is 2. The maximum Gasteiger partial charge on any atom is 0.263 e. The van der Waals surface area contributed by atoms with Gasteiger partial charge in [-0.1, -0.05) is 0 Å². The molecule has 1 aliphatic heterocycles. The molecule has 1 aliphatic carbocycles. The number of hydrogen-bond donors (Lipinski definition) is 3. The van der Waals surface area contributed by atoms with Crippen LogP contribution in [0.2, 0.25) is 0 Å². The zero-order valence-corrected chi connectivity index (χ0v) is 21.8. The number of nitrogens with two attached hydrogens (primary N) is 2. The molecule has 0 spiro atoms. The second-order valence-corrected chi connectivity index (χ2v) is 11.0. The van der Waals surface area contributed by atoms with Gasteiger partial charge in [-0.2, -0.15) is 0 Å². The van der Waals surface area contributed by atoms with Crippen molar-refractivity contribution in [3.05, 3.63) is 39.5 Å². The van der Waals surface area contributed by atoms with Gasteiger partial charge in [0.25, 0.3) is 5.91 Å². The van der Waals surface area contributed by atoms with Gasteiger partial charge in [0, 0.05) is 24.8 Å². The van der Waals surface area contributed by atoms with E-state index in [1.54, 1.807) is 6.07 Å². The largest absolute Gasteiger partial charge is 0.397 e. The van der Waals surface area contributed by atoms with Gasteiger partial charge in [0.05, 0.1) is 35.0 Å². The molecular weight excluding hydrogens is 481 g/mol. The number of rotatable bonds is 5. The average molecular weight is 514 g/mol. The van der Waals surface area contributed by atoms with Crippen LogP contribution in [0.3, 0.4) is 0 Å². The van der Waals surface area contributed by atoms with Crippen LogP contribution in [-0.2, 0) is 17.6 Å². The Bertz CT molecular complexity index is 1330. The van der Waals surface area contributed by atoms with Crippen molar-refractivity contribution < 1.29 is 13.9 Å². The Morgan fingerprint density at radius 3 is 2.81 bits per heavy atom. The second kappa shape index (κ2) is 9.53. The summed E-state index contributed by atoms with van der Waals surface area (Å²) in [4.78, 5) is 29.6. The number of amides is 1. The Morgan fingerprint density at radius 1 is 1.28 bits per heavy atom. The van der Waals surface area contributed by atoms with Crippen LogP contribution in [0.15, 0.2) is 6.07 Å². The smallest absolute Gasteiger partial charge is 0.263 e. The van der Waals surface area contributed by atoms with Gasteiger partial charge < -0.3 is 26.4 Å². The van der Waals surface area contributed by atoms with Gasteiger partial charge in [-0.3, -0.25) is 4.79 Å². The molecule has 1 saturated heterocycles. The highest BCUT2D eigenvalue weighted by atomic mass is 32.1. The van der Waals surface area contributed by atoms with Gasteiger partial charge in [-0.15, -0.1) is 11.3 Å². The van der Waals surface area contributed by atoms with Crippen LogP contribution in [0.25, 0.3) is 10.2 Å². The number of hydrogen-bond acceptors (Lipinski definition) is 9. The molecule has 3 unspecified atom stereocenters. The number of aryl methyl sites for hydroxylation is 3. The zero-order valence-electron chi connectivity index (χ0n) is 21.0. The first kappa shape index (κ1) is 24.8. The first-order valence-corrected chi connectivity index (χ1v) is 13.1. The number of anilines is 2. The first-order valence-electron chi connectivity index (χ1n) is 12.3. The molecule has 0 bridgehead atoms. The fourth-order valence-electron chi connectivity index (χ4n) is 5.19. The van der Waals surface area contributed by atoms with Crippen molar-refractivity contribution in [2.45, 2.75) is 71.2 Å². The maximum atomic E-state index is 15.1. The highest BCUT2D eigenvalue weighted by Gasteiger charge is 2.34. The molecule has 1 amide bonds. The summed E-state index contributed by atoms with van der Waals surface area (Å²) in [6.45, 7) is 8.62. The number of nitrogens with zero attached hydrogens (tertiary/aromatic N) is 4. The number of carbonyl (C=O) groups is 1. The standard InChI is InChI=1S/C25H32FN7O2S/c1-11(2)35-19-10-33(9-17(19)27)23-16(26)8-14-7-15(5-6-18(14)32-23)31-24(34)22-21(28)20-12(3)29-13(4)30-25(20)36-22/h8,11,15,17,19H,5-7,9-10,27-28H2,1-4H3,(H,31,34). The van der Waals surface area contributed by atoms with E-state index in [2.05, 4.69) is 20.3 Å². The highest BCUT2D eigenvalue weighted by Crippen LogP contribution is 2.34. The third-order valence-electron chi connectivity index (χ3n) is 6.80. The van der Waals surface area contributed by atoms with Crippen LogP contribution >= 0.6 is 11.3 Å². The molecule has 1 fully saturated rings. The minimum atomic E-state index is -0.378. The van der Waals surface area contributed by atoms with E-state index in [9.17, 15) is 4.79 Å². The fraction of sp³-hybridized carbons (Fsp3) is 0.520. The number of nitrogen functional groups attached to an aromatic ring is 1. The molecule has 36 heavy (non-hydrogen) atoms. The maximum absolute atomic E-state index is 15.1. The van der Waals surface area contributed by atoms with E-state index in [1.165, 1.54) is 11.3 Å². The molecule has 4 heterocycles. The monoisotopic (exact) mass is 513 g/mol. The van der Waals surface area contributed by atoms with Crippen molar-refractivity contribution in [1.82, 2.24) is 20.3 Å². The van der Waals surface area contributed by atoms with Crippen molar-refractivity contribution in [2.24, 2.45) is 5.73 Å². The quantitative estimate of drug-likeness (QED) is 0.474. The Morgan fingerprint density at radius 2 is 2.06 bits per heavy atom. The molecule has 5 rings (SSSR count). The summed E-state index contributed by atoms with van der Waals surface area (Å²) in [6, 6.07) is 1.22.